The van der Waals surface area contributed by atoms with E-state index in [9.17, 15) is 40.1 Å². The van der Waals surface area contributed by atoms with Gasteiger partial charge in [-0.25, -0.2) is 14.4 Å². The van der Waals surface area contributed by atoms with Gasteiger partial charge in [0.25, 0.3) is 0 Å². The van der Waals surface area contributed by atoms with E-state index in [2.05, 4.69) is 12.6 Å². The number of nitriles is 3. The second-order valence-corrected chi connectivity index (χ2v) is 25.0. The summed E-state index contributed by atoms with van der Waals surface area (Å²) >= 11 is 0. The molecule has 0 bridgehead atoms. The van der Waals surface area contributed by atoms with Gasteiger partial charge in [-0.1, -0.05) is 201 Å². The van der Waals surface area contributed by atoms with Gasteiger partial charge in [0.05, 0.1) is 59.5 Å². The molecule has 0 aliphatic rings. The van der Waals surface area contributed by atoms with Crippen molar-refractivity contribution in [2.24, 2.45) is 16.2 Å². The number of aliphatic hydroxyl groups excluding tert-OH is 3. The number of ether oxygens (including phenoxy) is 7. The number of hydrogen-bond donors (Lipinski definition) is 3. The molecule has 17 nitrogen and oxygen atoms in total. The molecule has 3 N–H and O–H groups in total. The molecule has 0 aliphatic heterocycles. The number of rotatable bonds is 34. The Labute approximate surface area is 586 Å². The Morgan fingerprint density at radius 2 is 0.677 bits per heavy atom. The van der Waals surface area contributed by atoms with Crippen LogP contribution in [0.15, 0.2) is 193 Å². The first kappa shape index (κ1) is 83.1. The van der Waals surface area contributed by atoms with Crippen LogP contribution in [0.4, 0.5) is 0 Å². The molecular formula is C82H99N3O14. The zero-order valence-electron chi connectivity index (χ0n) is 59.3. The van der Waals surface area contributed by atoms with E-state index in [4.69, 9.17) is 43.4 Å². The maximum absolute atomic E-state index is 13.2. The summed E-state index contributed by atoms with van der Waals surface area (Å²) in [7, 11) is 0. The van der Waals surface area contributed by atoms with Gasteiger partial charge in [0.2, 0.25) is 0 Å². The lowest BCUT2D eigenvalue weighted by Gasteiger charge is -2.24. The molecule has 6 aromatic carbocycles. The molecule has 0 radical (unpaired) electrons. The summed E-state index contributed by atoms with van der Waals surface area (Å²) in [6.07, 6.45) is 9.85. The van der Waals surface area contributed by atoms with Gasteiger partial charge in [0.1, 0.15) is 58.8 Å². The van der Waals surface area contributed by atoms with E-state index in [1.807, 2.05) is 204 Å². The van der Waals surface area contributed by atoms with Crippen LogP contribution < -0.4 is 14.2 Å². The number of unbranched alkanes of at least 4 members (excludes halogenated alkanes) is 6. The van der Waals surface area contributed by atoms with E-state index in [1.165, 1.54) is 19.3 Å². The first-order valence-electron chi connectivity index (χ1n) is 33.5. The van der Waals surface area contributed by atoms with Crippen molar-refractivity contribution in [2.45, 2.75) is 121 Å². The minimum absolute atomic E-state index is 0.000347. The Morgan fingerprint density at radius 3 is 0.970 bits per heavy atom. The topological polar surface area (TPSA) is 265 Å². The van der Waals surface area contributed by atoms with Crippen molar-refractivity contribution in [3.63, 3.8) is 0 Å². The molecule has 0 aliphatic carbocycles. The van der Waals surface area contributed by atoms with Crippen LogP contribution in [-0.4, -0.2) is 105 Å². The Balaban J connectivity index is 0.000000379. The minimum Gasteiger partial charge on any atom is -0.494 e. The summed E-state index contributed by atoms with van der Waals surface area (Å²) in [5, 5.41) is 55.5. The molecule has 99 heavy (non-hydrogen) atoms. The number of aliphatic hydroxyl groups is 3. The first-order valence-corrected chi connectivity index (χ1v) is 33.5. The molecule has 0 aromatic heterocycles. The first-order chi connectivity index (χ1) is 47.5. The lowest BCUT2D eigenvalue weighted by atomic mass is 9.93. The molecule has 0 unspecified atom stereocenters. The molecule has 0 amide bonds. The van der Waals surface area contributed by atoms with Crippen molar-refractivity contribution >= 4 is 40.6 Å². The molecule has 17 heteroatoms. The van der Waals surface area contributed by atoms with Crippen LogP contribution in [0.1, 0.15) is 154 Å². The van der Waals surface area contributed by atoms with Crippen LogP contribution in [0.2, 0.25) is 0 Å². The van der Waals surface area contributed by atoms with Crippen molar-refractivity contribution in [3.8, 4) is 35.5 Å². The van der Waals surface area contributed by atoms with Crippen molar-refractivity contribution in [1.82, 2.24) is 0 Å². The zero-order valence-corrected chi connectivity index (χ0v) is 59.3. The second kappa shape index (κ2) is 45.4. The maximum atomic E-state index is 13.2. The van der Waals surface area contributed by atoms with Gasteiger partial charge in [0, 0.05) is 39.4 Å². The summed E-state index contributed by atoms with van der Waals surface area (Å²) in [6, 6.07) is 55.7. The maximum Gasteiger partial charge on any atom is 0.349 e. The molecule has 0 spiro atoms. The standard InChI is InChI=1S/C34H43NO5.C23H25NO4.C20H19NO3.C5H12O2/c1-5-7-8-9-10-11-12-16-19-31(36)39-25-34(3,4)26-40-33(37)30(24-35)32(27-17-14-13-15-18-27)28-20-22-29(23-21-28)38-6-2;1-4-27-19-12-10-18(11-13-19)21(17-8-6-5-7-9-17)20(14-24)22(26)28-16-23(2,3)15-25;1-3-23-17-12-10-16(11-13-17)19(15-8-6-5-7-9-15)18(14-21)20(22)24-4-2;1-5(2,3-6)4-7/h5,13-15,17-18,20-23H,1,6-12,16,19,25-26H2,2-4H3;5-13,25H,4,15-16H2,1-3H3;5-13H,3-4H2,1-2H3;6-7H,3-4H2,1-2H3/b32-30+;21-20+;19-18+;. The molecule has 0 fully saturated rings. The molecular weight excluding hydrogens is 1250 g/mol. The summed E-state index contributed by atoms with van der Waals surface area (Å²) in [5.74, 6) is -0.138. The van der Waals surface area contributed by atoms with Crippen molar-refractivity contribution in [3.05, 3.63) is 227 Å². The number of carbonyl (C=O) groups is 4. The van der Waals surface area contributed by atoms with Crippen molar-refractivity contribution < 1.29 is 67.7 Å². The number of hydrogen-bond acceptors (Lipinski definition) is 17. The Morgan fingerprint density at radius 1 is 0.384 bits per heavy atom. The smallest absolute Gasteiger partial charge is 0.349 e. The number of esters is 4. The van der Waals surface area contributed by atoms with Crippen LogP contribution in [-0.2, 0) is 38.1 Å². The normalized spacial score (nSPS) is 11.7. The fraction of sp³-hybridized carbons (Fsp3) is 0.378. The van der Waals surface area contributed by atoms with Crippen molar-refractivity contribution in [2.75, 3.05) is 66.1 Å². The van der Waals surface area contributed by atoms with E-state index in [0.29, 0.717) is 65.6 Å². The van der Waals surface area contributed by atoms with Gasteiger partial charge in [-0.15, -0.1) is 6.58 Å². The van der Waals surface area contributed by atoms with E-state index < -0.39 is 28.7 Å². The summed E-state index contributed by atoms with van der Waals surface area (Å²) in [5.41, 5.74) is 4.29. The predicted octanol–water partition coefficient (Wildman–Crippen LogP) is 15.8. The highest BCUT2D eigenvalue weighted by molar-refractivity contribution is 6.07. The van der Waals surface area contributed by atoms with Gasteiger partial charge in [0.15, 0.2) is 0 Å². The van der Waals surface area contributed by atoms with Crippen LogP contribution in [0, 0.1) is 50.2 Å². The highest BCUT2D eigenvalue weighted by Gasteiger charge is 2.28. The van der Waals surface area contributed by atoms with E-state index in [0.717, 1.165) is 53.7 Å². The number of benzene rings is 6. The molecule has 6 rings (SSSR count). The largest absolute Gasteiger partial charge is 0.494 e. The van der Waals surface area contributed by atoms with Gasteiger partial charge in [-0.2, -0.15) is 15.8 Å². The highest BCUT2D eigenvalue weighted by Crippen LogP contribution is 2.33. The average Bonchev–Trinajstić information content (AvgIpc) is 0.827. The molecule has 6 aromatic rings. The summed E-state index contributed by atoms with van der Waals surface area (Å²) in [4.78, 5) is 50.3. The summed E-state index contributed by atoms with van der Waals surface area (Å²) < 4.78 is 37.9. The Kier molecular flexibility index (Phi) is 38.1. The van der Waals surface area contributed by atoms with Crippen LogP contribution in [0.5, 0.6) is 17.2 Å². The number of allylic oxidation sites excluding steroid dienone is 1. The Hall–Kier alpha value is -10.1. The van der Waals surface area contributed by atoms with Crippen LogP contribution in [0.3, 0.4) is 0 Å². The van der Waals surface area contributed by atoms with Crippen LogP contribution in [0.25, 0.3) is 16.7 Å². The molecule has 0 atom stereocenters. The third-order valence-electron chi connectivity index (χ3n) is 14.7. The number of carbonyl (C=O) groups excluding carboxylic acids is 4. The highest BCUT2D eigenvalue weighted by atomic mass is 16.6. The van der Waals surface area contributed by atoms with Crippen molar-refractivity contribution in [1.29, 1.82) is 15.8 Å². The van der Waals surface area contributed by atoms with E-state index in [1.54, 1.807) is 46.8 Å². The predicted molar refractivity (Wildman–Crippen MR) is 386 cm³/mol. The third kappa shape index (κ3) is 30.1. The van der Waals surface area contributed by atoms with Gasteiger partial charge >= 0.3 is 23.9 Å². The second-order valence-electron chi connectivity index (χ2n) is 25.0. The minimum atomic E-state index is -0.720. The molecule has 0 saturated carbocycles. The number of nitrogens with zero attached hydrogens (tertiary/aromatic N) is 3. The summed E-state index contributed by atoms with van der Waals surface area (Å²) in [6.45, 7) is 24.0. The van der Waals surface area contributed by atoms with E-state index >= 15 is 0 Å². The zero-order chi connectivity index (χ0) is 73.1. The van der Waals surface area contributed by atoms with E-state index in [-0.39, 0.29) is 74.4 Å². The average molecular weight is 1350 g/mol. The quantitative estimate of drug-likeness (QED) is 0.00846. The Bertz CT molecular complexity index is 3640. The third-order valence-corrected chi connectivity index (χ3v) is 14.7. The molecule has 526 valence electrons. The lowest BCUT2D eigenvalue weighted by molar-refractivity contribution is -0.150. The van der Waals surface area contributed by atoms with Gasteiger partial charge in [-0.3, -0.25) is 4.79 Å². The molecule has 0 heterocycles. The van der Waals surface area contributed by atoms with Gasteiger partial charge < -0.3 is 48.5 Å². The van der Waals surface area contributed by atoms with Crippen LogP contribution >= 0.6 is 0 Å². The lowest BCUT2D eigenvalue weighted by Crippen LogP contribution is -2.29. The van der Waals surface area contributed by atoms with Gasteiger partial charge in [-0.05, 0) is 117 Å². The fourth-order valence-corrected chi connectivity index (χ4v) is 9.06. The molecule has 0 saturated heterocycles. The monoisotopic (exact) mass is 1350 g/mol. The SMILES string of the molecule is C=CCCCCCCCCC(=O)OCC(C)(C)COC(=O)/C(C#N)=C(\c1ccccc1)c1ccc(OCC)cc1.CC(C)(CO)CO.CCOC(=O)/C(C#N)=C(\c1ccccc1)c1ccc(OCC)cc1.CCOc1ccc(/C(=C(\C#N)C(=O)OCC(C)(C)CO)c2ccccc2)cc1. The fourth-order valence-electron chi connectivity index (χ4n) is 9.06.